The second-order valence-electron chi connectivity index (χ2n) is 6.75. The van der Waals surface area contributed by atoms with E-state index in [0.29, 0.717) is 29.9 Å². The van der Waals surface area contributed by atoms with E-state index in [0.717, 1.165) is 11.3 Å². The van der Waals surface area contributed by atoms with Crippen molar-refractivity contribution in [2.75, 3.05) is 12.0 Å². The van der Waals surface area contributed by atoms with E-state index in [4.69, 9.17) is 21.7 Å². The third-order valence-electron chi connectivity index (χ3n) is 4.55. The van der Waals surface area contributed by atoms with E-state index in [9.17, 15) is 9.59 Å². The Labute approximate surface area is 207 Å². The van der Waals surface area contributed by atoms with Crippen LogP contribution in [0.1, 0.15) is 20.8 Å². The predicted octanol–water partition coefficient (Wildman–Crippen LogP) is 6.45. The van der Waals surface area contributed by atoms with Crippen molar-refractivity contribution in [2.45, 2.75) is 6.92 Å². The number of ether oxygens (including phenoxy) is 2. The molecule has 0 unspecified atom stereocenters. The van der Waals surface area contributed by atoms with Gasteiger partial charge in [-0.25, -0.2) is 4.79 Å². The molecule has 0 radical (unpaired) electrons. The van der Waals surface area contributed by atoms with Crippen LogP contribution in [0.3, 0.4) is 0 Å². The first-order valence-corrected chi connectivity index (χ1v) is 12.2. The Hall–Kier alpha value is -2.46. The van der Waals surface area contributed by atoms with Crippen LogP contribution in [0.15, 0.2) is 63.3 Å². The molecule has 0 N–H and O–H groups in total. The molecule has 0 aliphatic carbocycles. The number of carbonyl (C=O) groups is 2. The van der Waals surface area contributed by atoms with Gasteiger partial charge in [0.2, 0.25) is 0 Å². The highest BCUT2D eigenvalue weighted by Crippen LogP contribution is 2.40. The highest BCUT2D eigenvalue weighted by molar-refractivity contribution is 9.10. The van der Waals surface area contributed by atoms with Gasteiger partial charge in [-0.15, -0.1) is 11.3 Å². The van der Waals surface area contributed by atoms with Crippen LogP contribution in [0.25, 0.3) is 6.08 Å². The first kappa shape index (κ1) is 22.7. The van der Waals surface area contributed by atoms with Crippen molar-refractivity contribution < 1.29 is 19.1 Å². The molecule has 162 valence electrons. The zero-order chi connectivity index (χ0) is 22.8. The van der Waals surface area contributed by atoms with E-state index < -0.39 is 5.97 Å². The van der Waals surface area contributed by atoms with Crippen molar-refractivity contribution >= 4 is 79.2 Å². The number of hydrogen-bond donors (Lipinski definition) is 0. The number of nitrogens with zero attached hydrogens (tertiary/aromatic N) is 1. The average molecular weight is 546 g/mol. The summed E-state index contributed by atoms with van der Waals surface area (Å²) >= 11 is 11.4. The van der Waals surface area contributed by atoms with Gasteiger partial charge in [0.15, 0.2) is 15.8 Å². The molecule has 1 amide bonds. The fourth-order valence-electron chi connectivity index (χ4n) is 3.00. The number of aryl methyl sites for hydroxylation is 1. The number of thiocarbonyl (C=S) groups is 1. The Morgan fingerprint density at radius 2 is 1.94 bits per heavy atom. The van der Waals surface area contributed by atoms with E-state index in [2.05, 4.69) is 15.9 Å². The number of amides is 1. The zero-order valence-corrected chi connectivity index (χ0v) is 21.0. The zero-order valence-electron chi connectivity index (χ0n) is 17.0. The smallest absolute Gasteiger partial charge is 0.353 e. The molecule has 2 aromatic carbocycles. The Morgan fingerprint density at radius 3 is 2.59 bits per heavy atom. The number of anilines is 1. The van der Waals surface area contributed by atoms with Crippen LogP contribution < -0.4 is 14.4 Å². The number of thiophene rings is 1. The molecular weight excluding hydrogens is 530 g/mol. The lowest BCUT2D eigenvalue weighted by Gasteiger charge is -2.14. The van der Waals surface area contributed by atoms with E-state index in [-0.39, 0.29) is 11.7 Å². The van der Waals surface area contributed by atoms with Gasteiger partial charge in [0.1, 0.15) is 4.88 Å². The number of halogens is 1. The van der Waals surface area contributed by atoms with Crippen molar-refractivity contribution in [1.82, 2.24) is 0 Å². The van der Waals surface area contributed by atoms with Crippen LogP contribution in [0, 0.1) is 6.92 Å². The fraction of sp³-hybridized carbons (Fsp3) is 0.0870. The summed E-state index contributed by atoms with van der Waals surface area (Å²) in [6, 6.07) is 14.6. The maximum Gasteiger partial charge on any atom is 0.353 e. The molecule has 1 aliphatic rings. The second-order valence-corrected chi connectivity index (χ2v) is 10.2. The third kappa shape index (κ3) is 4.66. The summed E-state index contributed by atoms with van der Waals surface area (Å²) in [4.78, 5) is 27.9. The molecule has 4 rings (SSSR count). The first-order valence-electron chi connectivity index (χ1n) is 9.35. The first-order chi connectivity index (χ1) is 15.4. The molecule has 1 saturated heterocycles. The minimum atomic E-state index is -0.467. The minimum Gasteiger partial charge on any atom is -0.493 e. The number of benzene rings is 2. The molecule has 0 saturated carbocycles. The van der Waals surface area contributed by atoms with E-state index >= 15 is 0 Å². The molecule has 1 aliphatic heterocycles. The van der Waals surface area contributed by atoms with Gasteiger partial charge in [0.25, 0.3) is 5.91 Å². The Morgan fingerprint density at radius 1 is 1.19 bits per heavy atom. The van der Waals surface area contributed by atoms with Crippen molar-refractivity contribution in [2.24, 2.45) is 0 Å². The lowest BCUT2D eigenvalue weighted by Crippen LogP contribution is -2.27. The SMILES string of the molecule is COc1cc(C=C2SC(=S)N(c3ccc(C)cc3)C2=O)cc(Br)c1OC(=O)c1cccs1. The topological polar surface area (TPSA) is 55.8 Å². The molecule has 0 spiro atoms. The Bertz CT molecular complexity index is 1240. The summed E-state index contributed by atoms with van der Waals surface area (Å²) < 4.78 is 12.0. The maximum atomic E-state index is 13.0. The summed E-state index contributed by atoms with van der Waals surface area (Å²) in [7, 11) is 1.49. The van der Waals surface area contributed by atoms with Gasteiger partial charge in [-0.05, 0) is 70.2 Å². The Kier molecular flexibility index (Phi) is 6.80. The molecule has 32 heavy (non-hydrogen) atoms. The molecule has 1 fully saturated rings. The van der Waals surface area contributed by atoms with Crippen LogP contribution in [-0.2, 0) is 4.79 Å². The van der Waals surface area contributed by atoms with Crippen molar-refractivity contribution in [1.29, 1.82) is 0 Å². The average Bonchev–Trinajstić information content (AvgIpc) is 3.39. The van der Waals surface area contributed by atoms with Crippen molar-refractivity contribution in [3.8, 4) is 11.5 Å². The van der Waals surface area contributed by atoms with Gasteiger partial charge in [-0.1, -0.05) is 47.7 Å². The second kappa shape index (κ2) is 9.58. The quantitative estimate of drug-likeness (QED) is 0.159. The molecule has 3 aromatic rings. The summed E-state index contributed by atoms with van der Waals surface area (Å²) in [5.41, 5.74) is 2.54. The van der Waals surface area contributed by atoms with Gasteiger partial charge in [-0.3, -0.25) is 9.69 Å². The largest absolute Gasteiger partial charge is 0.493 e. The van der Waals surface area contributed by atoms with Crippen LogP contribution in [0.2, 0.25) is 0 Å². The molecule has 5 nitrogen and oxygen atoms in total. The lowest BCUT2D eigenvalue weighted by atomic mass is 10.1. The number of methoxy groups -OCH3 is 1. The van der Waals surface area contributed by atoms with Gasteiger partial charge in [0.05, 0.1) is 22.2 Å². The highest BCUT2D eigenvalue weighted by atomic mass is 79.9. The number of hydrogen-bond acceptors (Lipinski definition) is 7. The van der Waals surface area contributed by atoms with E-state index in [1.54, 1.807) is 35.7 Å². The summed E-state index contributed by atoms with van der Waals surface area (Å²) in [5.74, 6) is -0.0161. The van der Waals surface area contributed by atoms with Gasteiger partial charge < -0.3 is 9.47 Å². The molecule has 2 heterocycles. The molecule has 0 atom stereocenters. The summed E-state index contributed by atoms with van der Waals surface area (Å²) in [6.45, 7) is 1.99. The van der Waals surface area contributed by atoms with Gasteiger partial charge in [0, 0.05) is 0 Å². The molecule has 0 bridgehead atoms. The Balaban J connectivity index is 1.62. The van der Waals surface area contributed by atoms with E-state index in [1.807, 2.05) is 31.2 Å². The lowest BCUT2D eigenvalue weighted by molar-refractivity contribution is -0.113. The van der Waals surface area contributed by atoms with Crippen molar-refractivity contribution in [3.05, 3.63) is 79.3 Å². The fourth-order valence-corrected chi connectivity index (χ4v) is 5.43. The molecular formula is C23H16BrNO4S3. The number of carbonyl (C=O) groups excluding carboxylic acids is 2. The number of thioether (sulfide) groups is 1. The third-order valence-corrected chi connectivity index (χ3v) is 7.29. The molecule has 9 heteroatoms. The molecule has 1 aromatic heterocycles. The maximum absolute atomic E-state index is 13.0. The number of esters is 1. The van der Waals surface area contributed by atoms with Crippen LogP contribution >= 0.6 is 51.2 Å². The van der Waals surface area contributed by atoms with Crippen LogP contribution in [0.4, 0.5) is 5.69 Å². The van der Waals surface area contributed by atoms with E-state index in [1.165, 1.54) is 35.1 Å². The van der Waals surface area contributed by atoms with Gasteiger partial charge in [-0.2, -0.15) is 0 Å². The summed E-state index contributed by atoms with van der Waals surface area (Å²) in [6.07, 6.45) is 1.74. The predicted molar refractivity (Wildman–Crippen MR) is 137 cm³/mol. The van der Waals surface area contributed by atoms with Crippen LogP contribution in [0.5, 0.6) is 11.5 Å². The standard InChI is InChI=1S/C23H16BrNO4S3/c1-13-5-7-15(8-6-13)25-21(26)19(32-23(25)30)12-14-10-16(24)20(17(11-14)28-2)29-22(27)18-4-3-9-31-18/h3-12H,1-2H3. The number of rotatable bonds is 5. The van der Waals surface area contributed by atoms with Crippen molar-refractivity contribution in [3.63, 3.8) is 0 Å². The van der Waals surface area contributed by atoms with Gasteiger partial charge >= 0.3 is 5.97 Å². The minimum absolute atomic E-state index is 0.188. The van der Waals surface area contributed by atoms with Crippen LogP contribution in [-0.4, -0.2) is 23.3 Å². The monoisotopic (exact) mass is 545 g/mol. The highest BCUT2D eigenvalue weighted by Gasteiger charge is 2.33. The summed E-state index contributed by atoms with van der Waals surface area (Å²) in [5, 5.41) is 1.80. The normalized spacial score (nSPS) is 14.8.